The Hall–Kier alpha value is -4.51. The molecule has 0 aromatic rings. The lowest BCUT2D eigenvalue weighted by atomic mass is 10.0. The molecule has 0 bridgehead atoms. The van der Waals surface area contributed by atoms with Crippen LogP contribution in [0.4, 0.5) is 0 Å². The van der Waals surface area contributed by atoms with Gasteiger partial charge in [-0.2, -0.15) is 0 Å². The molecular formula is C24H50N14O8. The van der Waals surface area contributed by atoms with Gasteiger partial charge in [-0.15, -0.1) is 0 Å². The third-order valence-electron chi connectivity index (χ3n) is 5.36. The topological polar surface area (TPSA) is 373 Å². The molecule has 0 heterocycles. The van der Waals surface area contributed by atoms with E-state index in [9.17, 15) is 19.2 Å². The van der Waals surface area contributed by atoms with E-state index in [4.69, 9.17) is 54.5 Å². The quantitative estimate of drug-likeness (QED) is 0.0168. The maximum Gasteiger partial charge on any atom is 0.248 e. The van der Waals surface area contributed by atoms with E-state index in [1.807, 2.05) is 0 Å². The van der Waals surface area contributed by atoms with Crippen molar-refractivity contribution in [3.63, 3.8) is 0 Å². The molecule has 0 aliphatic rings. The van der Waals surface area contributed by atoms with Crippen molar-refractivity contribution in [3.05, 3.63) is 0 Å². The maximum absolute atomic E-state index is 12.5. The molecule has 0 unspecified atom stereocenters. The van der Waals surface area contributed by atoms with Crippen LogP contribution < -0.4 is 61.6 Å². The van der Waals surface area contributed by atoms with Gasteiger partial charge in [0.2, 0.25) is 23.6 Å². The van der Waals surface area contributed by atoms with Gasteiger partial charge in [0, 0.05) is 38.9 Å². The van der Waals surface area contributed by atoms with Crippen molar-refractivity contribution >= 4 is 41.5 Å². The van der Waals surface area contributed by atoms with Crippen molar-refractivity contribution in [2.24, 2.45) is 55.3 Å². The summed E-state index contributed by atoms with van der Waals surface area (Å²) in [6.45, 7) is 0.181. The summed E-state index contributed by atoms with van der Waals surface area (Å²) in [6.07, 6.45) is -0.0431. The minimum atomic E-state index is -1.33. The Morgan fingerprint density at radius 2 is 0.870 bits per heavy atom. The first kappa shape index (κ1) is 41.5. The number of ether oxygens (including phenoxy) is 3. The van der Waals surface area contributed by atoms with Crippen molar-refractivity contribution in [2.75, 3.05) is 85.5 Å². The second-order valence-corrected chi connectivity index (χ2v) is 9.52. The van der Waals surface area contributed by atoms with Gasteiger partial charge < -0.3 is 69.9 Å². The molecule has 0 fully saturated rings. The highest BCUT2D eigenvalue weighted by atomic mass is 16.6. The predicted octanol–water partition coefficient (Wildman–Crippen LogP) is -6.88. The highest BCUT2D eigenvalue weighted by Crippen LogP contribution is 2.10. The largest absolute Gasteiger partial charge is 0.378 e. The number of carbonyl (C=O) groups is 4. The molecular weight excluding hydrogens is 612 g/mol. The van der Waals surface area contributed by atoms with Crippen molar-refractivity contribution < 1.29 is 38.2 Å². The smallest absolute Gasteiger partial charge is 0.248 e. The fourth-order valence-electron chi connectivity index (χ4n) is 3.34. The predicted molar refractivity (Wildman–Crippen MR) is 168 cm³/mol. The Morgan fingerprint density at radius 1 is 0.543 bits per heavy atom. The molecule has 0 radical (unpaired) electrons. The lowest BCUT2D eigenvalue weighted by Gasteiger charge is -2.34. The highest BCUT2D eigenvalue weighted by molar-refractivity contribution is 5.79. The number of hydrogen-bond acceptors (Lipinski definition) is 12. The summed E-state index contributed by atoms with van der Waals surface area (Å²) in [6, 6.07) is 0. The zero-order valence-electron chi connectivity index (χ0n) is 26.0. The Morgan fingerprint density at radius 3 is 1.15 bits per heavy atom. The normalized spacial score (nSPS) is 10.7. The summed E-state index contributed by atoms with van der Waals surface area (Å²) in [5.74, 6) is 3.21. The molecule has 0 spiro atoms. The van der Waals surface area contributed by atoms with E-state index in [2.05, 4.69) is 41.1 Å². The van der Waals surface area contributed by atoms with Crippen molar-refractivity contribution in [1.29, 1.82) is 0 Å². The molecule has 264 valence electrons. The Bertz CT molecular complexity index is 892. The number of amides is 4. The fourth-order valence-corrected chi connectivity index (χ4v) is 3.34. The van der Waals surface area contributed by atoms with E-state index in [0.717, 1.165) is 0 Å². The molecule has 0 saturated heterocycles. The van der Waals surface area contributed by atoms with Gasteiger partial charge in [0.25, 0.3) is 0 Å². The molecule has 0 aromatic carbocycles. The van der Waals surface area contributed by atoms with Crippen LogP contribution in [-0.4, -0.2) is 133 Å². The molecule has 0 aliphatic carbocycles. The lowest BCUT2D eigenvalue weighted by Crippen LogP contribution is -2.59. The average Bonchev–Trinajstić information content (AvgIpc) is 2.98. The summed E-state index contributed by atoms with van der Waals surface area (Å²) >= 11 is 0. The number of guanidine groups is 3. The first-order valence-electron chi connectivity index (χ1n) is 14.2. The SMILES string of the molecule is NOCC(=O)NC(COCCC(=O)NCCN=C(N)N)(COCCC(=O)NCCN=C(N)N)COCCC(=O)NCCN=C(N)N. The summed E-state index contributed by atoms with van der Waals surface area (Å²) in [5, 5.41) is 10.6. The van der Waals surface area contributed by atoms with Crippen molar-refractivity contribution in [2.45, 2.75) is 24.8 Å². The first-order chi connectivity index (χ1) is 21.9. The van der Waals surface area contributed by atoms with Crippen molar-refractivity contribution in [3.8, 4) is 0 Å². The van der Waals surface area contributed by atoms with Gasteiger partial charge in [-0.1, -0.05) is 0 Å². The number of carbonyl (C=O) groups excluding carboxylic acids is 4. The minimum Gasteiger partial charge on any atom is -0.378 e. The summed E-state index contributed by atoms with van der Waals surface area (Å²) in [4.78, 5) is 64.6. The molecule has 0 aliphatic heterocycles. The van der Waals surface area contributed by atoms with Crippen LogP contribution in [0, 0.1) is 0 Å². The third kappa shape index (κ3) is 24.9. The molecule has 0 rings (SSSR count). The highest BCUT2D eigenvalue weighted by Gasteiger charge is 2.34. The van der Waals surface area contributed by atoms with E-state index < -0.39 is 18.1 Å². The molecule has 0 saturated carbocycles. The molecule has 22 nitrogen and oxygen atoms in total. The molecule has 46 heavy (non-hydrogen) atoms. The number of rotatable bonds is 27. The Kier molecular flexibility index (Phi) is 23.3. The monoisotopic (exact) mass is 662 g/mol. The van der Waals surface area contributed by atoms with Crippen molar-refractivity contribution in [1.82, 2.24) is 21.3 Å². The van der Waals surface area contributed by atoms with Gasteiger partial charge >= 0.3 is 0 Å². The van der Waals surface area contributed by atoms with E-state index in [1.165, 1.54) is 0 Å². The zero-order chi connectivity index (χ0) is 34.6. The van der Waals surface area contributed by atoms with Gasteiger partial charge in [-0.3, -0.25) is 39.0 Å². The summed E-state index contributed by atoms with van der Waals surface area (Å²) in [7, 11) is 0. The number of nitrogens with two attached hydrogens (primary N) is 7. The minimum absolute atomic E-state index is 0.0144. The molecule has 22 heteroatoms. The summed E-state index contributed by atoms with van der Waals surface area (Å²) < 4.78 is 17.2. The number of nitrogens with one attached hydrogen (secondary N) is 4. The second-order valence-electron chi connectivity index (χ2n) is 9.52. The van der Waals surface area contributed by atoms with Crippen LogP contribution in [0.3, 0.4) is 0 Å². The van der Waals surface area contributed by atoms with Crippen LogP contribution in [0.25, 0.3) is 0 Å². The van der Waals surface area contributed by atoms with Crippen LogP contribution >= 0.6 is 0 Å². The number of hydrogen-bond donors (Lipinski definition) is 11. The molecule has 18 N–H and O–H groups in total. The van der Waals surface area contributed by atoms with Crippen LogP contribution in [0.15, 0.2) is 15.0 Å². The Balaban J connectivity index is 5.24. The van der Waals surface area contributed by atoms with Gasteiger partial charge in [-0.05, 0) is 0 Å². The van der Waals surface area contributed by atoms with Crippen LogP contribution in [0.5, 0.6) is 0 Å². The molecule has 4 amide bonds. The lowest BCUT2D eigenvalue weighted by molar-refractivity contribution is -0.134. The van der Waals surface area contributed by atoms with Gasteiger partial charge in [0.15, 0.2) is 17.9 Å². The maximum atomic E-state index is 12.5. The molecule has 0 atom stereocenters. The van der Waals surface area contributed by atoms with E-state index in [0.29, 0.717) is 0 Å². The Labute approximate surface area is 266 Å². The van der Waals surface area contributed by atoms with Gasteiger partial charge in [0.05, 0.1) is 59.3 Å². The van der Waals surface area contributed by atoms with Crippen LogP contribution in [0.1, 0.15) is 19.3 Å². The zero-order valence-corrected chi connectivity index (χ0v) is 26.0. The average molecular weight is 663 g/mol. The third-order valence-corrected chi connectivity index (χ3v) is 5.36. The second kappa shape index (κ2) is 25.8. The van der Waals surface area contributed by atoms with E-state index in [-0.39, 0.29) is 134 Å². The van der Waals surface area contributed by atoms with Gasteiger partial charge in [-0.25, -0.2) is 5.90 Å². The van der Waals surface area contributed by atoms with Crippen LogP contribution in [-0.2, 0) is 38.2 Å². The number of nitrogens with zero attached hydrogens (tertiary/aromatic N) is 3. The van der Waals surface area contributed by atoms with E-state index in [1.54, 1.807) is 0 Å². The van der Waals surface area contributed by atoms with Crippen LogP contribution in [0.2, 0.25) is 0 Å². The van der Waals surface area contributed by atoms with E-state index >= 15 is 0 Å². The molecule has 0 aromatic heterocycles. The standard InChI is InChI=1S/C24H50N14O8/c25-21(26)35-7-4-32-17(39)1-10-43-14-24(38-20(42)13-46-31,15-44-11-2-18(40)33-5-8-36-22(27)28)16-45-12-3-19(41)34-6-9-37-23(29)30/h1-16,31H2,(H,32,39)(H,33,40)(H,34,41)(H,38,42)(H4,25,26,35)(H4,27,28,36)(H4,29,30,37). The number of aliphatic imine (C=N–C) groups is 3. The van der Waals surface area contributed by atoms with Gasteiger partial charge in [0.1, 0.15) is 12.1 Å². The fraction of sp³-hybridized carbons (Fsp3) is 0.708. The first-order valence-corrected chi connectivity index (χ1v) is 14.2. The summed E-state index contributed by atoms with van der Waals surface area (Å²) in [5.41, 5.74) is 30.2.